The maximum absolute atomic E-state index is 12.6. The van der Waals surface area contributed by atoms with Crippen molar-refractivity contribution in [2.24, 2.45) is 0 Å². The highest BCUT2D eigenvalue weighted by atomic mass is 32.1. The molecule has 3 aromatic rings. The van der Waals surface area contributed by atoms with Gasteiger partial charge in [0.1, 0.15) is 21.5 Å². The summed E-state index contributed by atoms with van der Waals surface area (Å²) in [7, 11) is 1.65. The molecule has 2 amide bonds. The fourth-order valence-corrected chi connectivity index (χ4v) is 4.76. The first-order valence-corrected chi connectivity index (χ1v) is 11.5. The zero-order valence-electron chi connectivity index (χ0n) is 19.8. The van der Waals surface area contributed by atoms with E-state index in [-0.39, 0.29) is 11.6 Å². The first-order valence-electron chi connectivity index (χ1n) is 10.7. The molecule has 1 aromatic carbocycles. The number of nitrogens with one attached hydrogen (secondary N) is 2. The van der Waals surface area contributed by atoms with E-state index in [1.54, 1.807) is 14.0 Å². The van der Waals surface area contributed by atoms with Gasteiger partial charge in [-0.2, -0.15) is 5.26 Å². The number of benzene rings is 1. The summed E-state index contributed by atoms with van der Waals surface area (Å²) < 4.78 is 7.35. The van der Waals surface area contributed by atoms with Crippen molar-refractivity contribution in [2.75, 3.05) is 13.7 Å². The molecule has 0 fully saturated rings. The first kappa shape index (κ1) is 24.9. The molecule has 8 nitrogen and oxygen atoms in total. The molecule has 1 unspecified atom stereocenters. The van der Waals surface area contributed by atoms with Gasteiger partial charge in [0, 0.05) is 24.1 Å². The third-order valence-corrected chi connectivity index (χ3v) is 6.56. The van der Waals surface area contributed by atoms with Gasteiger partial charge in [0.2, 0.25) is 0 Å². The van der Waals surface area contributed by atoms with Gasteiger partial charge in [0.25, 0.3) is 11.8 Å². The number of carbonyl (C=O) groups is 2. The Kier molecular flexibility index (Phi) is 7.99. The van der Waals surface area contributed by atoms with E-state index in [1.807, 2.05) is 63.2 Å². The molecular formula is C25H27N5O3S. The minimum absolute atomic E-state index is 0.106. The lowest BCUT2D eigenvalue weighted by Crippen LogP contribution is -2.42. The van der Waals surface area contributed by atoms with Crippen LogP contribution in [0.2, 0.25) is 0 Å². The van der Waals surface area contributed by atoms with Gasteiger partial charge in [-0.25, -0.2) is 4.98 Å². The van der Waals surface area contributed by atoms with Crippen molar-refractivity contribution in [1.82, 2.24) is 20.4 Å². The molecule has 2 N–H and O–H groups in total. The van der Waals surface area contributed by atoms with Crippen LogP contribution >= 0.6 is 11.3 Å². The number of thiazole rings is 1. The maximum Gasteiger partial charge on any atom is 0.281 e. The van der Waals surface area contributed by atoms with Crippen LogP contribution in [0.1, 0.15) is 45.3 Å². The summed E-state index contributed by atoms with van der Waals surface area (Å²) in [5.41, 5.74) is 8.74. The Labute approximate surface area is 202 Å². The lowest BCUT2D eigenvalue weighted by atomic mass is 10.1. The molecule has 34 heavy (non-hydrogen) atoms. The van der Waals surface area contributed by atoms with Crippen molar-refractivity contribution in [3.8, 4) is 16.6 Å². The van der Waals surface area contributed by atoms with E-state index in [0.29, 0.717) is 22.2 Å². The van der Waals surface area contributed by atoms with Crippen LogP contribution in [0.15, 0.2) is 42.0 Å². The number of ether oxygens (including phenoxy) is 1. The molecule has 3 rings (SSSR count). The van der Waals surface area contributed by atoms with Crippen LogP contribution in [0.3, 0.4) is 0 Å². The van der Waals surface area contributed by atoms with Gasteiger partial charge in [-0.3, -0.25) is 20.4 Å². The number of hydrazine groups is 1. The number of nitrogens with zero attached hydrogens (tertiary/aromatic N) is 3. The molecule has 0 aliphatic heterocycles. The summed E-state index contributed by atoms with van der Waals surface area (Å²) in [6.45, 7) is 8.20. The van der Waals surface area contributed by atoms with E-state index in [4.69, 9.17) is 4.74 Å². The number of methoxy groups -OCH3 is 1. The number of rotatable bonds is 7. The first-order chi connectivity index (χ1) is 16.3. The van der Waals surface area contributed by atoms with Crippen molar-refractivity contribution in [3.63, 3.8) is 0 Å². The van der Waals surface area contributed by atoms with Gasteiger partial charge >= 0.3 is 0 Å². The monoisotopic (exact) mass is 477 g/mol. The second-order valence-corrected chi connectivity index (χ2v) is 8.88. The molecule has 0 saturated heterocycles. The normalized spacial score (nSPS) is 12.2. The molecule has 0 aliphatic carbocycles. The minimum Gasteiger partial charge on any atom is -0.383 e. The fraction of sp³-hybridized carbons (Fsp3) is 0.280. The van der Waals surface area contributed by atoms with Gasteiger partial charge in [-0.05, 0) is 45.4 Å². The molecule has 2 heterocycles. The summed E-state index contributed by atoms with van der Waals surface area (Å²) in [4.78, 5) is 30.1. The van der Waals surface area contributed by atoms with Crippen molar-refractivity contribution >= 4 is 29.2 Å². The van der Waals surface area contributed by atoms with Gasteiger partial charge in [-0.1, -0.05) is 30.3 Å². The van der Waals surface area contributed by atoms with E-state index in [1.165, 1.54) is 17.4 Å². The number of aromatic nitrogens is 2. The SMILES string of the molecule is COCC(C)n1c(C)cc(/C=C(/C#N)C(=O)NNC(=O)c2sc(-c3ccccc3)nc2C)c1C. The second-order valence-electron chi connectivity index (χ2n) is 7.88. The average molecular weight is 478 g/mol. The van der Waals surface area contributed by atoms with Gasteiger partial charge in [0.05, 0.1) is 18.3 Å². The summed E-state index contributed by atoms with van der Waals surface area (Å²) in [5.74, 6) is -1.19. The Balaban J connectivity index is 1.73. The van der Waals surface area contributed by atoms with E-state index in [2.05, 4.69) is 20.4 Å². The second kappa shape index (κ2) is 10.9. The molecular weight excluding hydrogens is 450 g/mol. The smallest absolute Gasteiger partial charge is 0.281 e. The van der Waals surface area contributed by atoms with Crippen LogP contribution in [-0.4, -0.2) is 35.1 Å². The van der Waals surface area contributed by atoms with E-state index in [0.717, 1.165) is 22.5 Å². The topological polar surface area (TPSA) is 109 Å². The number of hydrogen-bond donors (Lipinski definition) is 2. The molecule has 2 aromatic heterocycles. The standard InChI is InChI=1S/C25H27N5O3S/c1-15-11-20(18(4)30(15)16(2)14-33-5)12-21(13-26)23(31)28-29-24(32)22-17(3)27-25(34-22)19-9-7-6-8-10-19/h6-12,16H,14H2,1-5H3,(H,28,31)(H,29,32)/b21-12-. The Bertz CT molecular complexity index is 1270. The van der Waals surface area contributed by atoms with Crippen LogP contribution in [0.4, 0.5) is 0 Å². The van der Waals surface area contributed by atoms with Gasteiger partial charge in [0.15, 0.2) is 0 Å². The summed E-state index contributed by atoms with van der Waals surface area (Å²) >= 11 is 1.23. The molecule has 0 radical (unpaired) electrons. The van der Waals surface area contributed by atoms with Gasteiger partial charge in [-0.15, -0.1) is 11.3 Å². The van der Waals surface area contributed by atoms with E-state index in [9.17, 15) is 14.9 Å². The Morgan fingerprint density at radius 3 is 2.59 bits per heavy atom. The van der Waals surface area contributed by atoms with Crippen LogP contribution in [0, 0.1) is 32.1 Å². The Hall–Kier alpha value is -3.74. The van der Waals surface area contributed by atoms with Crippen molar-refractivity contribution in [3.05, 3.63) is 69.5 Å². The highest BCUT2D eigenvalue weighted by molar-refractivity contribution is 7.17. The van der Waals surface area contributed by atoms with Crippen LogP contribution in [0.25, 0.3) is 16.6 Å². The summed E-state index contributed by atoms with van der Waals surface area (Å²) in [6, 6.07) is 13.5. The fourth-order valence-electron chi connectivity index (χ4n) is 3.80. The zero-order valence-corrected chi connectivity index (χ0v) is 20.6. The third kappa shape index (κ3) is 5.42. The Morgan fingerprint density at radius 2 is 1.94 bits per heavy atom. The van der Waals surface area contributed by atoms with Crippen LogP contribution in [0.5, 0.6) is 0 Å². The molecule has 1 atom stereocenters. The van der Waals surface area contributed by atoms with Crippen LogP contribution in [-0.2, 0) is 9.53 Å². The lowest BCUT2D eigenvalue weighted by Gasteiger charge is -2.17. The highest BCUT2D eigenvalue weighted by Gasteiger charge is 2.19. The molecule has 176 valence electrons. The van der Waals surface area contributed by atoms with Crippen molar-refractivity contribution < 1.29 is 14.3 Å². The Morgan fingerprint density at radius 1 is 1.24 bits per heavy atom. The molecule has 0 bridgehead atoms. The average Bonchev–Trinajstić information content (AvgIpc) is 3.35. The zero-order chi connectivity index (χ0) is 24.8. The predicted molar refractivity (Wildman–Crippen MR) is 132 cm³/mol. The summed E-state index contributed by atoms with van der Waals surface area (Å²) in [6.07, 6.45) is 1.52. The number of hydrogen-bond acceptors (Lipinski definition) is 6. The number of nitriles is 1. The molecule has 0 spiro atoms. The van der Waals surface area contributed by atoms with Gasteiger partial charge < -0.3 is 9.30 Å². The summed E-state index contributed by atoms with van der Waals surface area (Å²) in [5, 5.41) is 10.3. The quantitative estimate of drug-likeness (QED) is 0.302. The maximum atomic E-state index is 12.6. The molecule has 0 saturated carbocycles. The molecule has 9 heteroatoms. The third-order valence-electron chi connectivity index (χ3n) is 5.35. The highest BCUT2D eigenvalue weighted by Crippen LogP contribution is 2.27. The molecule has 0 aliphatic rings. The van der Waals surface area contributed by atoms with Crippen molar-refractivity contribution in [2.45, 2.75) is 33.7 Å². The van der Waals surface area contributed by atoms with E-state index >= 15 is 0 Å². The lowest BCUT2D eigenvalue weighted by molar-refractivity contribution is -0.117. The largest absolute Gasteiger partial charge is 0.383 e. The van der Waals surface area contributed by atoms with E-state index < -0.39 is 11.8 Å². The number of aryl methyl sites for hydroxylation is 2. The minimum atomic E-state index is -0.698. The predicted octanol–water partition coefficient (Wildman–Crippen LogP) is 4.11. The van der Waals surface area contributed by atoms with Crippen molar-refractivity contribution in [1.29, 1.82) is 5.26 Å². The number of amides is 2. The number of carbonyl (C=O) groups excluding carboxylic acids is 2. The van der Waals surface area contributed by atoms with Crippen LogP contribution < -0.4 is 10.9 Å².